The standard InChI is InChI=1S/C17H16O2S/c1-2-3-13-4-6-14(7-5-13)8-9-16-17-15(12-20-16)18-10-11-19-17/h2-9,12H,10-11H2,1H3. The predicted molar refractivity (Wildman–Crippen MR) is 85.4 cm³/mol. The zero-order chi connectivity index (χ0) is 13.8. The van der Waals surface area contributed by atoms with Crippen molar-refractivity contribution in [2.75, 3.05) is 13.2 Å². The Bertz CT molecular complexity index is 636. The van der Waals surface area contributed by atoms with Crippen molar-refractivity contribution in [3.8, 4) is 11.5 Å². The first kappa shape index (κ1) is 13.0. The summed E-state index contributed by atoms with van der Waals surface area (Å²) in [5.74, 6) is 1.74. The number of allylic oxidation sites excluding steroid dienone is 1. The molecule has 0 atom stereocenters. The largest absolute Gasteiger partial charge is 0.485 e. The molecule has 0 aliphatic carbocycles. The third-order valence-electron chi connectivity index (χ3n) is 3.05. The predicted octanol–water partition coefficient (Wildman–Crippen LogP) is 4.72. The summed E-state index contributed by atoms with van der Waals surface area (Å²) < 4.78 is 11.2. The lowest BCUT2D eigenvalue weighted by Crippen LogP contribution is -2.14. The van der Waals surface area contributed by atoms with Crippen LogP contribution in [0.2, 0.25) is 0 Å². The highest BCUT2D eigenvalue weighted by Crippen LogP contribution is 2.40. The molecule has 2 aromatic rings. The third kappa shape index (κ3) is 2.78. The molecule has 2 nitrogen and oxygen atoms in total. The topological polar surface area (TPSA) is 18.5 Å². The highest BCUT2D eigenvalue weighted by Gasteiger charge is 2.16. The summed E-state index contributed by atoms with van der Waals surface area (Å²) >= 11 is 1.65. The van der Waals surface area contributed by atoms with Gasteiger partial charge in [-0.15, -0.1) is 11.3 Å². The van der Waals surface area contributed by atoms with Gasteiger partial charge in [0.15, 0.2) is 11.5 Å². The van der Waals surface area contributed by atoms with Gasteiger partial charge in [0.2, 0.25) is 0 Å². The molecule has 3 rings (SSSR count). The molecule has 0 N–H and O–H groups in total. The Morgan fingerprint density at radius 3 is 2.40 bits per heavy atom. The maximum Gasteiger partial charge on any atom is 0.179 e. The minimum absolute atomic E-state index is 0.628. The molecule has 0 saturated carbocycles. The fraction of sp³-hybridized carbons (Fsp3) is 0.176. The lowest BCUT2D eigenvalue weighted by molar-refractivity contribution is 0.173. The second-order valence-electron chi connectivity index (χ2n) is 4.49. The summed E-state index contributed by atoms with van der Waals surface area (Å²) in [6, 6.07) is 8.46. The van der Waals surface area contributed by atoms with Crippen LogP contribution in [-0.4, -0.2) is 13.2 Å². The molecule has 1 aliphatic heterocycles. The van der Waals surface area contributed by atoms with Crippen LogP contribution < -0.4 is 9.47 Å². The summed E-state index contributed by atoms with van der Waals surface area (Å²) in [7, 11) is 0. The van der Waals surface area contributed by atoms with Crippen molar-refractivity contribution >= 4 is 29.6 Å². The van der Waals surface area contributed by atoms with Crippen LogP contribution in [0, 0.1) is 0 Å². The minimum Gasteiger partial charge on any atom is -0.485 e. The zero-order valence-electron chi connectivity index (χ0n) is 11.3. The fourth-order valence-corrected chi connectivity index (χ4v) is 2.90. The summed E-state index contributed by atoms with van der Waals surface area (Å²) in [4.78, 5) is 1.11. The van der Waals surface area contributed by atoms with E-state index in [4.69, 9.17) is 9.47 Å². The Kier molecular flexibility index (Phi) is 3.88. The van der Waals surface area contributed by atoms with Crippen molar-refractivity contribution in [3.63, 3.8) is 0 Å². The highest BCUT2D eigenvalue weighted by molar-refractivity contribution is 7.11. The van der Waals surface area contributed by atoms with Crippen LogP contribution in [0.25, 0.3) is 18.2 Å². The number of hydrogen-bond acceptors (Lipinski definition) is 3. The van der Waals surface area contributed by atoms with E-state index in [1.807, 2.05) is 18.4 Å². The van der Waals surface area contributed by atoms with Crippen molar-refractivity contribution in [2.45, 2.75) is 6.92 Å². The van der Waals surface area contributed by atoms with Crippen LogP contribution in [0.4, 0.5) is 0 Å². The molecule has 0 bridgehead atoms. The fourth-order valence-electron chi connectivity index (χ4n) is 2.08. The quantitative estimate of drug-likeness (QED) is 0.811. The molecule has 2 heterocycles. The van der Waals surface area contributed by atoms with Crippen molar-refractivity contribution in [2.24, 2.45) is 0 Å². The third-order valence-corrected chi connectivity index (χ3v) is 3.96. The molecule has 0 amide bonds. The average Bonchev–Trinajstić information content (AvgIpc) is 2.90. The van der Waals surface area contributed by atoms with E-state index in [2.05, 4.69) is 42.5 Å². The van der Waals surface area contributed by atoms with Gasteiger partial charge in [-0.3, -0.25) is 0 Å². The first-order valence-corrected chi connectivity index (χ1v) is 7.53. The number of rotatable bonds is 3. The minimum atomic E-state index is 0.628. The Labute approximate surface area is 123 Å². The smallest absolute Gasteiger partial charge is 0.179 e. The molecule has 3 heteroatoms. The van der Waals surface area contributed by atoms with E-state index in [1.165, 1.54) is 11.1 Å². The number of thiophene rings is 1. The molecule has 102 valence electrons. The lowest BCUT2D eigenvalue weighted by Gasteiger charge is -2.15. The highest BCUT2D eigenvalue weighted by atomic mass is 32.1. The first-order valence-electron chi connectivity index (χ1n) is 6.65. The Morgan fingerprint density at radius 1 is 0.950 bits per heavy atom. The van der Waals surface area contributed by atoms with Crippen molar-refractivity contribution in [3.05, 3.63) is 51.7 Å². The zero-order valence-corrected chi connectivity index (χ0v) is 12.2. The molecule has 0 fully saturated rings. The summed E-state index contributed by atoms with van der Waals surface area (Å²) in [5, 5.41) is 2.00. The Hall–Kier alpha value is -2.00. The molecule has 0 radical (unpaired) electrons. The van der Waals surface area contributed by atoms with Gasteiger partial charge in [-0.25, -0.2) is 0 Å². The van der Waals surface area contributed by atoms with E-state index in [9.17, 15) is 0 Å². The van der Waals surface area contributed by atoms with Gasteiger partial charge in [0.05, 0.1) is 4.88 Å². The monoisotopic (exact) mass is 284 g/mol. The molecule has 20 heavy (non-hydrogen) atoms. The summed E-state index contributed by atoms with van der Waals surface area (Å²) in [5.41, 5.74) is 2.40. The number of ether oxygens (including phenoxy) is 2. The van der Waals surface area contributed by atoms with E-state index in [1.54, 1.807) is 11.3 Å². The molecule has 1 aromatic heterocycles. The normalized spacial score (nSPS) is 14.2. The second kappa shape index (κ2) is 5.97. The van der Waals surface area contributed by atoms with Crippen molar-refractivity contribution < 1.29 is 9.47 Å². The molecule has 1 aromatic carbocycles. The number of fused-ring (bicyclic) bond motifs is 1. The van der Waals surface area contributed by atoms with Gasteiger partial charge in [0, 0.05) is 5.38 Å². The van der Waals surface area contributed by atoms with E-state index in [0.717, 1.165) is 16.4 Å². The lowest BCUT2D eigenvalue weighted by atomic mass is 10.1. The number of benzene rings is 1. The van der Waals surface area contributed by atoms with Gasteiger partial charge in [0.25, 0.3) is 0 Å². The molecule has 0 saturated heterocycles. The summed E-state index contributed by atoms with van der Waals surface area (Å²) in [6.45, 7) is 3.29. The molecule has 0 spiro atoms. The van der Waals surface area contributed by atoms with Gasteiger partial charge in [0.1, 0.15) is 13.2 Å². The second-order valence-corrected chi connectivity index (χ2v) is 5.40. The van der Waals surface area contributed by atoms with Gasteiger partial charge < -0.3 is 9.47 Å². The van der Waals surface area contributed by atoms with Gasteiger partial charge in [-0.05, 0) is 24.1 Å². The van der Waals surface area contributed by atoms with Gasteiger partial charge >= 0.3 is 0 Å². The van der Waals surface area contributed by atoms with Crippen LogP contribution >= 0.6 is 11.3 Å². The maximum absolute atomic E-state index is 5.66. The van der Waals surface area contributed by atoms with Crippen LogP contribution in [-0.2, 0) is 0 Å². The Morgan fingerprint density at radius 2 is 1.65 bits per heavy atom. The molecule has 0 unspecified atom stereocenters. The van der Waals surface area contributed by atoms with Crippen LogP contribution in [0.1, 0.15) is 22.9 Å². The van der Waals surface area contributed by atoms with E-state index in [0.29, 0.717) is 13.2 Å². The van der Waals surface area contributed by atoms with E-state index >= 15 is 0 Å². The number of hydrogen-bond donors (Lipinski definition) is 0. The maximum atomic E-state index is 5.66. The first-order chi connectivity index (χ1) is 9.86. The Balaban J connectivity index is 1.78. The molecular formula is C17H16O2S. The van der Waals surface area contributed by atoms with Gasteiger partial charge in [-0.1, -0.05) is 42.5 Å². The SMILES string of the molecule is CC=Cc1ccc(C=Cc2scc3c2OCCO3)cc1. The van der Waals surface area contributed by atoms with Gasteiger partial charge in [-0.2, -0.15) is 0 Å². The van der Waals surface area contributed by atoms with Crippen molar-refractivity contribution in [1.29, 1.82) is 0 Å². The average molecular weight is 284 g/mol. The van der Waals surface area contributed by atoms with Crippen LogP contribution in [0.15, 0.2) is 35.7 Å². The van der Waals surface area contributed by atoms with Crippen molar-refractivity contribution in [1.82, 2.24) is 0 Å². The molecular weight excluding hydrogens is 268 g/mol. The van der Waals surface area contributed by atoms with E-state index in [-0.39, 0.29) is 0 Å². The van der Waals surface area contributed by atoms with E-state index < -0.39 is 0 Å². The van der Waals surface area contributed by atoms with Crippen LogP contribution in [0.5, 0.6) is 11.5 Å². The summed E-state index contributed by atoms with van der Waals surface area (Å²) in [6.07, 6.45) is 8.32. The molecule has 1 aliphatic rings. The van der Waals surface area contributed by atoms with Crippen LogP contribution in [0.3, 0.4) is 0 Å².